The van der Waals surface area contributed by atoms with E-state index in [9.17, 15) is 4.79 Å². The summed E-state index contributed by atoms with van der Waals surface area (Å²) in [7, 11) is 0. The molecule has 0 amide bonds. The fraction of sp³-hybridized carbons (Fsp3) is 0.167. The lowest BCUT2D eigenvalue weighted by Crippen LogP contribution is -2.03. The minimum Gasteiger partial charge on any atom is -0.305 e. The standard InChI is InChI=1S/C18H16ClNO/c1-12(2)13-7-9-15(10-8-13)20-16-6-4-3-5-14(16)11-17(20)18(19)21/h3-12H,1-2H3. The number of para-hydroxylation sites is 1. The van der Waals surface area contributed by atoms with Crippen molar-refractivity contribution in [2.45, 2.75) is 19.8 Å². The van der Waals surface area contributed by atoms with Gasteiger partial charge >= 0.3 is 0 Å². The van der Waals surface area contributed by atoms with Gasteiger partial charge in [0.2, 0.25) is 0 Å². The van der Waals surface area contributed by atoms with Crippen molar-refractivity contribution in [2.75, 3.05) is 0 Å². The molecule has 2 nitrogen and oxygen atoms in total. The number of aromatic nitrogens is 1. The molecule has 0 saturated carbocycles. The molecule has 21 heavy (non-hydrogen) atoms. The van der Waals surface area contributed by atoms with Crippen molar-refractivity contribution in [3.8, 4) is 5.69 Å². The van der Waals surface area contributed by atoms with Crippen LogP contribution < -0.4 is 0 Å². The van der Waals surface area contributed by atoms with E-state index in [4.69, 9.17) is 11.6 Å². The largest absolute Gasteiger partial charge is 0.305 e. The summed E-state index contributed by atoms with van der Waals surface area (Å²) in [5, 5.41) is 0.563. The van der Waals surface area contributed by atoms with Crippen LogP contribution in [0.2, 0.25) is 0 Å². The van der Waals surface area contributed by atoms with E-state index in [1.54, 1.807) is 0 Å². The maximum Gasteiger partial charge on any atom is 0.269 e. The van der Waals surface area contributed by atoms with Gasteiger partial charge in [0.25, 0.3) is 5.24 Å². The Kier molecular flexibility index (Phi) is 3.56. The highest BCUT2D eigenvalue weighted by Crippen LogP contribution is 2.26. The Morgan fingerprint density at radius 2 is 1.71 bits per heavy atom. The van der Waals surface area contributed by atoms with Crippen LogP contribution in [0.25, 0.3) is 16.6 Å². The Hall–Kier alpha value is -2.06. The zero-order valence-corrected chi connectivity index (χ0v) is 12.8. The first-order valence-corrected chi connectivity index (χ1v) is 7.36. The Morgan fingerprint density at radius 3 is 2.33 bits per heavy atom. The molecule has 0 spiro atoms. The Bertz CT molecular complexity index is 800. The van der Waals surface area contributed by atoms with Crippen LogP contribution in [0.5, 0.6) is 0 Å². The number of fused-ring (bicyclic) bond motifs is 1. The van der Waals surface area contributed by atoms with Crippen molar-refractivity contribution in [2.24, 2.45) is 0 Å². The third-order valence-electron chi connectivity index (χ3n) is 3.73. The van der Waals surface area contributed by atoms with Gasteiger partial charge in [-0.15, -0.1) is 0 Å². The summed E-state index contributed by atoms with van der Waals surface area (Å²) in [6, 6.07) is 18.0. The second-order valence-electron chi connectivity index (χ2n) is 5.44. The molecule has 2 aromatic carbocycles. The summed E-state index contributed by atoms with van der Waals surface area (Å²) in [4.78, 5) is 11.7. The van der Waals surface area contributed by atoms with E-state index in [0.717, 1.165) is 16.6 Å². The molecular formula is C18H16ClNO. The Morgan fingerprint density at radius 1 is 1.05 bits per heavy atom. The molecule has 3 rings (SSSR count). The quantitative estimate of drug-likeness (QED) is 0.614. The van der Waals surface area contributed by atoms with Crippen LogP contribution in [0.3, 0.4) is 0 Å². The number of rotatable bonds is 3. The Balaban J connectivity index is 2.22. The van der Waals surface area contributed by atoms with Crippen LogP contribution in [-0.2, 0) is 0 Å². The van der Waals surface area contributed by atoms with Gasteiger partial charge in [-0.3, -0.25) is 4.79 Å². The number of benzene rings is 2. The van der Waals surface area contributed by atoms with Gasteiger partial charge in [-0.1, -0.05) is 44.2 Å². The molecule has 0 N–H and O–H groups in total. The van der Waals surface area contributed by atoms with Gasteiger partial charge in [0, 0.05) is 11.1 Å². The molecule has 106 valence electrons. The molecule has 0 bridgehead atoms. The first kappa shape index (κ1) is 13.9. The normalized spacial score (nSPS) is 11.2. The molecule has 0 fully saturated rings. The highest BCUT2D eigenvalue weighted by atomic mass is 35.5. The van der Waals surface area contributed by atoms with Crippen LogP contribution in [0.4, 0.5) is 0 Å². The fourth-order valence-corrected chi connectivity index (χ4v) is 2.73. The van der Waals surface area contributed by atoms with E-state index in [2.05, 4.69) is 26.0 Å². The van der Waals surface area contributed by atoms with Crippen LogP contribution in [0, 0.1) is 0 Å². The fourth-order valence-electron chi connectivity index (χ4n) is 2.59. The zero-order chi connectivity index (χ0) is 15.0. The predicted molar refractivity (Wildman–Crippen MR) is 87.5 cm³/mol. The molecule has 1 heterocycles. The minimum absolute atomic E-state index is 0.445. The van der Waals surface area contributed by atoms with Crippen molar-refractivity contribution >= 4 is 27.7 Å². The van der Waals surface area contributed by atoms with Gasteiger partial charge in [0.1, 0.15) is 5.69 Å². The summed E-state index contributed by atoms with van der Waals surface area (Å²) in [6.07, 6.45) is 0. The maximum atomic E-state index is 11.7. The van der Waals surface area contributed by atoms with Crippen molar-refractivity contribution in [3.63, 3.8) is 0 Å². The number of halogens is 1. The maximum absolute atomic E-state index is 11.7. The summed E-state index contributed by atoms with van der Waals surface area (Å²) >= 11 is 5.75. The topological polar surface area (TPSA) is 22.0 Å². The van der Waals surface area contributed by atoms with Gasteiger partial charge < -0.3 is 4.57 Å². The van der Waals surface area contributed by atoms with E-state index >= 15 is 0 Å². The molecule has 0 atom stereocenters. The van der Waals surface area contributed by atoms with Crippen molar-refractivity contribution in [3.05, 3.63) is 65.9 Å². The van der Waals surface area contributed by atoms with E-state index in [-0.39, 0.29) is 0 Å². The number of carbonyl (C=O) groups is 1. The number of hydrogen-bond acceptors (Lipinski definition) is 1. The zero-order valence-electron chi connectivity index (χ0n) is 12.0. The van der Waals surface area contributed by atoms with Crippen molar-refractivity contribution < 1.29 is 4.79 Å². The second kappa shape index (κ2) is 5.38. The predicted octanol–water partition coefficient (Wildman–Crippen LogP) is 5.13. The minimum atomic E-state index is -0.445. The molecular weight excluding hydrogens is 282 g/mol. The van der Waals surface area contributed by atoms with Crippen LogP contribution >= 0.6 is 11.6 Å². The summed E-state index contributed by atoms with van der Waals surface area (Å²) in [6.45, 7) is 4.32. The lowest BCUT2D eigenvalue weighted by Gasteiger charge is -2.11. The lowest BCUT2D eigenvalue weighted by molar-refractivity contribution is 0.107. The molecule has 0 aliphatic carbocycles. The first-order valence-electron chi connectivity index (χ1n) is 6.98. The third kappa shape index (κ3) is 2.47. The second-order valence-corrected chi connectivity index (χ2v) is 5.79. The highest BCUT2D eigenvalue weighted by Gasteiger charge is 2.15. The lowest BCUT2D eigenvalue weighted by atomic mass is 10.0. The van der Waals surface area contributed by atoms with Crippen LogP contribution in [-0.4, -0.2) is 9.81 Å². The van der Waals surface area contributed by atoms with Crippen LogP contribution in [0.15, 0.2) is 54.6 Å². The highest BCUT2D eigenvalue weighted by molar-refractivity contribution is 6.67. The molecule has 1 aromatic heterocycles. The summed E-state index contributed by atoms with van der Waals surface area (Å²) in [5.41, 5.74) is 3.70. The van der Waals surface area contributed by atoms with Gasteiger partial charge in [0.15, 0.2) is 0 Å². The van der Waals surface area contributed by atoms with Crippen molar-refractivity contribution in [1.29, 1.82) is 0 Å². The smallest absolute Gasteiger partial charge is 0.269 e. The van der Waals surface area contributed by atoms with Gasteiger partial charge in [-0.25, -0.2) is 0 Å². The van der Waals surface area contributed by atoms with Gasteiger partial charge in [-0.2, -0.15) is 0 Å². The van der Waals surface area contributed by atoms with E-state index in [1.165, 1.54) is 5.56 Å². The molecule has 0 radical (unpaired) electrons. The monoisotopic (exact) mass is 297 g/mol. The van der Waals surface area contributed by atoms with Gasteiger partial charge in [-0.05, 0) is 47.3 Å². The number of hydrogen-bond donors (Lipinski definition) is 0. The third-order valence-corrected chi connectivity index (χ3v) is 3.92. The van der Waals surface area contributed by atoms with Gasteiger partial charge in [0.05, 0.1) is 5.52 Å². The number of nitrogens with zero attached hydrogens (tertiary/aromatic N) is 1. The molecule has 0 saturated heterocycles. The van der Waals surface area contributed by atoms with E-state index < -0.39 is 5.24 Å². The van der Waals surface area contributed by atoms with E-state index in [1.807, 2.05) is 47.0 Å². The summed E-state index contributed by atoms with van der Waals surface area (Å²) < 4.78 is 1.91. The molecule has 3 heteroatoms. The SMILES string of the molecule is CC(C)c1ccc(-n2c(C(=O)Cl)cc3ccccc32)cc1. The molecule has 3 aromatic rings. The first-order chi connectivity index (χ1) is 10.1. The molecule has 0 aliphatic heterocycles. The van der Waals surface area contributed by atoms with Crippen LogP contribution in [0.1, 0.15) is 35.8 Å². The summed E-state index contributed by atoms with van der Waals surface area (Å²) in [5.74, 6) is 0.481. The average Bonchev–Trinajstić information content (AvgIpc) is 2.87. The molecule has 0 aliphatic rings. The Labute approximate surface area is 129 Å². The van der Waals surface area contributed by atoms with E-state index in [0.29, 0.717) is 11.6 Å². The molecule has 0 unspecified atom stereocenters. The van der Waals surface area contributed by atoms with Crippen molar-refractivity contribution in [1.82, 2.24) is 4.57 Å². The number of carbonyl (C=O) groups excluding carboxylic acids is 1. The average molecular weight is 298 g/mol.